The van der Waals surface area contributed by atoms with Crippen LogP contribution < -0.4 is 5.32 Å². The molecule has 7 heteroatoms. The molecule has 2 aromatic carbocycles. The van der Waals surface area contributed by atoms with Gasteiger partial charge >= 0.3 is 0 Å². The number of nitrogens with one attached hydrogen (secondary N) is 1. The van der Waals surface area contributed by atoms with E-state index in [-0.39, 0.29) is 0 Å². The fourth-order valence-corrected chi connectivity index (χ4v) is 2.81. The average molecular weight is 364 g/mol. The molecule has 0 aliphatic carbocycles. The smallest absolute Gasteiger partial charge is 0.262 e. The summed E-state index contributed by atoms with van der Waals surface area (Å²) in [5, 5.41) is 25.1. The van der Waals surface area contributed by atoms with Gasteiger partial charge < -0.3 is 5.32 Å². The molecule has 0 aliphatic rings. The fraction of sp³-hybridized carbons (Fsp3) is 0. The van der Waals surface area contributed by atoms with Gasteiger partial charge in [0.1, 0.15) is 6.07 Å². The van der Waals surface area contributed by atoms with Gasteiger partial charge in [-0.05, 0) is 54.1 Å². The van der Waals surface area contributed by atoms with Crippen molar-refractivity contribution in [2.24, 2.45) is 0 Å². The molecule has 0 amide bonds. The molecule has 0 bridgehead atoms. The molecule has 4 rings (SSSR count). The number of carbonyl (C=O) groups is 1. The minimum Gasteiger partial charge on any atom is -0.323 e. The summed E-state index contributed by atoms with van der Waals surface area (Å²) in [5.41, 5.74) is 4.12. The van der Waals surface area contributed by atoms with E-state index in [1.54, 1.807) is 53.2 Å². The first-order valence-electron chi connectivity index (χ1n) is 8.35. The second kappa shape index (κ2) is 7.02. The molecule has 1 N–H and O–H groups in total. The maximum atomic E-state index is 11.4. The molecule has 0 aliphatic heterocycles. The maximum Gasteiger partial charge on any atom is 0.262 e. The Bertz CT molecular complexity index is 1260. The van der Waals surface area contributed by atoms with Crippen LogP contribution in [-0.2, 0) is 0 Å². The molecule has 0 atom stereocenters. The molecule has 0 unspecified atom stereocenters. The monoisotopic (exact) mass is 364 g/mol. The quantitative estimate of drug-likeness (QED) is 0.437. The van der Waals surface area contributed by atoms with Crippen LogP contribution in [0.15, 0.2) is 66.9 Å². The number of aromatic nitrogens is 3. The summed E-state index contributed by atoms with van der Waals surface area (Å²) in [7, 11) is 0. The van der Waals surface area contributed by atoms with Crippen molar-refractivity contribution in [3.63, 3.8) is 0 Å². The minimum absolute atomic E-state index is 0.333. The molecule has 132 valence electrons. The molecule has 2 aromatic heterocycles. The number of pyridine rings is 1. The topological polar surface area (TPSA) is 107 Å². The molecule has 2 heterocycles. The van der Waals surface area contributed by atoms with Gasteiger partial charge in [0.05, 0.1) is 11.6 Å². The van der Waals surface area contributed by atoms with Crippen LogP contribution in [0, 0.1) is 22.7 Å². The predicted molar refractivity (Wildman–Crippen MR) is 103 cm³/mol. The number of anilines is 2. The van der Waals surface area contributed by atoms with Crippen LogP contribution in [0.25, 0.3) is 16.8 Å². The summed E-state index contributed by atoms with van der Waals surface area (Å²) < 4.78 is 1.67. The van der Waals surface area contributed by atoms with Gasteiger partial charge in [-0.25, -0.2) is 4.52 Å². The van der Waals surface area contributed by atoms with Crippen LogP contribution >= 0.6 is 0 Å². The molecule has 0 spiro atoms. The number of fused-ring (bicyclic) bond motifs is 1. The van der Waals surface area contributed by atoms with Crippen molar-refractivity contribution in [2.75, 3.05) is 5.32 Å². The Morgan fingerprint density at radius 1 is 1.00 bits per heavy atom. The second-order valence-corrected chi connectivity index (χ2v) is 5.96. The molecular formula is C21H12N6O. The van der Waals surface area contributed by atoms with Crippen molar-refractivity contribution in [1.82, 2.24) is 14.6 Å². The largest absolute Gasteiger partial charge is 0.323 e. The number of rotatable bonds is 4. The van der Waals surface area contributed by atoms with E-state index >= 15 is 0 Å². The average Bonchev–Trinajstić information content (AvgIpc) is 3.16. The zero-order valence-corrected chi connectivity index (χ0v) is 14.5. The van der Waals surface area contributed by atoms with Crippen molar-refractivity contribution in [1.29, 1.82) is 10.5 Å². The molecule has 0 saturated heterocycles. The lowest BCUT2D eigenvalue weighted by molar-refractivity contribution is 0.105. The van der Waals surface area contributed by atoms with E-state index < -0.39 is 5.78 Å². The first-order valence-corrected chi connectivity index (χ1v) is 8.35. The highest BCUT2D eigenvalue weighted by molar-refractivity contribution is 6.07. The van der Waals surface area contributed by atoms with E-state index in [4.69, 9.17) is 10.5 Å². The Kier molecular flexibility index (Phi) is 4.25. The number of nitriles is 2. The number of Topliss-reactive ketones (excluding diaryl/α,β-unsaturated/α-hetero) is 1. The number of nitrogens with zero attached hydrogens (tertiary/aromatic N) is 5. The van der Waals surface area contributed by atoms with Gasteiger partial charge in [0.2, 0.25) is 5.95 Å². The molecule has 0 saturated carbocycles. The van der Waals surface area contributed by atoms with Gasteiger partial charge in [-0.3, -0.25) is 4.79 Å². The Hall–Kier alpha value is -4.49. The van der Waals surface area contributed by atoms with Crippen LogP contribution in [0.1, 0.15) is 15.9 Å². The lowest BCUT2D eigenvalue weighted by atomic mass is 10.1. The lowest BCUT2D eigenvalue weighted by Gasteiger charge is -2.02. The summed E-state index contributed by atoms with van der Waals surface area (Å²) in [5.74, 6) is -0.176. The highest BCUT2D eigenvalue weighted by Gasteiger charge is 2.10. The van der Waals surface area contributed by atoms with E-state index in [0.29, 0.717) is 28.4 Å². The van der Waals surface area contributed by atoms with Crippen molar-refractivity contribution in [3.05, 3.63) is 78.0 Å². The highest BCUT2D eigenvalue weighted by Crippen LogP contribution is 2.25. The lowest BCUT2D eigenvalue weighted by Crippen LogP contribution is -1.96. The Morgan fingerprint density at radius 3 is 2.43 bits per heavy atom. The molecule has 4 aromatic rings. The number of benzene rings is 2. The third-order valence-corrected chi connectivity index (χ3v) is 4.19. The first-order chi connectivity index (χ1) is 13.7. The molecular weight excluding hydrogens is 352 g/mol. The van der Waals surface area contributed by atoms with Crippen LogP contribution in [0.4, 0.5) is 11.6 Å². The van der Waals surface area contributed by atoms with Crippen molar-refractivity contribution < 1.29 is 4.79 Å². The van der Waals surface area contributed by atoms with Gasteiger partial charge in [-0.15, -0.1) is 5.10 Å². The van der Waals surface area contributed by atoms with Crippen LogP contribution in [0.2, 0.25) is 0 Å². The van der Waals surface area contributed by atoms with Gasteiger partial charge in [0, 0.05) is 23.0 Å². The zero-order valence-electron chi connectivity index (χ0n) is 14.5. The highest BCUT2D eigenvalue weighted by atomic mass is 16.1. The summed E-state index contributed by atoms with van der Waals surface area (Å²) in [6.45, 7) is 0. The molecule has 7 nitrogen and oxygen atoms in total. The van der Waals surface area contributed by atoms with Gasteiger partial charge in [-0.2, -0.15) is 15.5 Å². The third kappa shape index (κ3) is 3.16. The normalized spacial score (nSPS) is 10.2. The first kappa shape index (κ1) is 17.0. The van der Waals surface area contributed by atoms with Crippen LogP contribution in [0.3, 0.4) is 0 Å². The van der Waals surface area contributed by atoms with Gasteiger partial charge in [-0.1, -0.05) is 12.1 Å². The minimum atomic E-state index is -0.579. The summed E-state index contributed by atoms with van der Waals surface area (Å²) >= 11 is 0. The molecule has 0 fully saturated rings. The molecule has 28 heavy (non-hydrogen) atoms. The maximum absolute atomic E-state index is 11.4. The van der Waals surface area contributed by atoms with E-state index in [2.05, 4.69) is 21.5 Å². The summed E-state index contributed by atoms with van der Waals surface area (Å²) in [6.07, 6.45) is 1.80. The number of ketones is 1. The number of hydrogen-bond donors (Lipinski definition) is 1. The van der Waals surface area contributed by atoms with Gasteiger partial charge in [0.25, 0.3) is 5.78 Å². The predicted octanol–water partition coefficient (Wildman–Crippen LogP) is 3.72. The second-order valence-electron chi connectivity index (χ2n) is 5.96. The Balaban J connectivity index is 1.66. The SMILES string of the molecule is N#CC(=O)c1ccc(Nc2nc3c(-c4ccc(C#N)cc4)cccn3n2)cc1. The number of carbonyl (C=O) groups excluding carboxylic acids is 1. The fourth-order valence-electron chi connectivity index (χ4n) is 2.81. The molecule has 0 radical (unpaired) electrons. The van der Waals surface area contributed by atoms with Crippen LogP contribution in [-0.4, -0.2) is 20.4 Å². The van der Waals surface area contributed by atoms with Crippen molar-refractivity contribution >= 4 is 23.1 Å². The zero-order chi connectivity index (χ0) is 19.5. The van der Waals surface area contributed by atoms with Crippen molar-refractivity contribution in [2.45, 2.75) is 0 Å². The standard InChI is InChI=1S/C21H12N6O/c22-12-14-3-5-15(6-4-14)18-2-1-11-27-20(18)25-21(26-27)24-17-9-7-16(8-10-17)19(28)13-23/h1-11H,(H,24,26). The van der Waals surface area contributed by atoms with E-state index in [9.17, 15) is 4.79 Å². The Morgan fingerprint density at radius 2 is 1.75 bits per heavy atom. The van der Waals surface area contributed by atoms with E-state index in [1.165, 1.54) is 0 Å². The van der Waals surface area contributed by atoms with Crippen LogP contribution in [0.5, 0.6) is 0 Å². The third-order valence-electron chi connectivity index (χ3n) is 4.19. The van der Waals surface area contributed by atoms with E-state index in [1.807, 2.05) is 24.3 Å². The van der Waals surface area contributed by atoms with Gasteiger partial charge in [0.15, 0.2) is 5.65 Å². The Labute approximate surface area is 160 Å². The van der Waals surface area contributed by atoms with E-state index in [0.717, 1.165) is 11.1 Å². The number of hydrogen-bond acceptors (Lipinski definition) is 6. The van der Waals surface area contributed by atoms with Crippen molar-refractivity contribution in [3.8, 4) is 23.3 Å². The summed E-state index contributed by atoms with van der Waals surface area (Å²) in [6, 6.07) is 21.3. The summed E-state index contributed by atoms with van der Waals surface area (Å²) in [4.78, 5) is 15.9.